The van der Waals surface area contributed by atoms with Gasteiger partial charge in [0.2, 0.25) is 0 Å². The maximum atomic E-state index is 12.2. The molecular weight excluding hydrogens is 268 g/mol. The maximum Gasteiger partial charge on any atom is 0.339 e. The third-order valence-electron chi connectivity index (χ3n) is 5.13. The predicted octanol–water partition coefficient (Wildman–Crippen LogP) is 3.24. The highest BCUT2D eigenvalue weighted by molar-refractivity contribution is 6.06. The van der Waals surface area contributed by atoms with Crippen molar-refractivity contribution in [3.8, 4) is 0 Å². The molecule has 0 spiro atoms. The Balaban J connectivity index is 2.34. The van der Waals surface area contributed by atoms with Crippen molar-refractivity contribution in [1.29, 1.82) is 0 Å². The Morgan fingerprint density at radius 3 is 1.57 bits per heavy atom. The Bertz CT molecular complexity index is 590. The van der Waals surface area contributed by atoms with Gasteiger partial charge >= 0.3 is 11.9 Å². The molecule has 4 heteroatoms. The summed E-state index contributed by atoms with van der Waals surface area (Å²) in [5.74, 6) is 0.140. The highest BCUT2D eigenvalue weighted by Gasteiger charge is 2.42. The maximum absolute atomic E-state index is 12.2. The fourth-order valence-corrected chi connectivity index (χ4v) is 4.32. The van der Waals surface area contributed by atoms with E-state index in [0.29, 0.717) is 23.0 Å². The van der Waals surface area contributed by atoms with Gasteiger partial charge in [-0.05, 0) is 67.2 Å². The molecule has 2 aliphatic rings. The molecule has 1 aromatic rings. The molecule has 2 aliphatic carbocycles. The van der Waals surface area contributed by atoms with Crippen molar-refractivity contribution in [2.45, 2.75) is 44.9 Å². The summed E-state index contributed by atoms with van der Waals surface area (Å²) in [6.45, 7) is 3.86. The molecule has 0 saturated heterocycles. The van der Waals surface area contributed by atoms with Crippen molar-refractivity contribution >= 4 is 11.9 Å². The van der Waals surface area contributed by atoms with Crippen LogP contribution in [-0.2, 0) is 9.47 Å². The first-order valence-corrected chi connectivity index (χ1v) is 7.34. The van der Waals surface area contributed by atoms with Crippen LogP contribution in [-0.4, -0.2) is 26.2 Å². The summed E-state index contributed by atoms with van der Waals surface area (Å²) in [5.41, 5.74) is 5.11. The number of fused-ring (bicyclic) bond motifs is 5. The van der Waals surface area contributed by atoms with Crippen LogP contribution in [0.15, 0.2) is 0 Å². The average molecular weight is 288 g/mol. The molecule has 1 aromatic carbocycles. The number of ether oxygens (including phenoxy) is 2. The average Bonchev–Trinajstić information content (AvgIpc) is 3.10. The minimum atomic E-state index is -0.457. The minimum absolute atomic E-state index is 0.383. The molecule has 0 aliphatic heterocycles. The number of rotatable bonds is 2. The number of hydrogen-bond acceptors (Lipinski definition) is 4. The Morgan fingerprint density at radius 1 is 0.857 bits per heavy atom. The van der Waals surface area contributed by atoms with Crippen LogP contribution in [0.2, 0.25) is 0 Å². The van der Waals surface area contributed by atoms with Gasteiger partial charge in [0, 0.05) is 0 Å². The van der Waals surface area contributed by atoms with Gasteiger partial charge in [-0.15, -0.1) is 0 Å². The van der Waals surface area contributed by atoms with Crippen LogP contribution in [0.4, 0.5) is 0 Å². The van der Waals surface area contributed by atoms with Crippen LogP contribution in [0.25, 0.3) is 0 Å². The van der Waals surface area contributed by atoms with Crippen molar-refractivity contribution in [3.63, 3.8) is 0 Å². The molecule has 4 nitrogen and oxygen atoms in total. The second-order valence-electron chi connectivity index (χ2n) is 6.02. The van der Waals surface area contributed by atoms with Crippen molar-refractivity contribution in [2.75, 3.05) is 14.2 Å². The van der Waals surface area contributed by atoms with Gasteiger partial charge in [0.25, 0.3) is 0 Å². The Labute approximate surface area is 124 Å². The zero-order chi connectivity index (χ0) is 15.3. The van der Waals surface area contributed by atoms with Crippen LogP contribution < -0.4 is 0 Å². The summed E-state index contributed by atoms with van der Waals surface area (Å²) in [6.07, 6.45) is 3.49. The van der Waals surface area contributed by atoms with Gasteiger partial charge in [0.1, 0.15) is 0 Å². The lowest BCUT2D eigenvalue weighted by atomic mass is 9.80. The Morgan fingerprint density at radius 2 is 1.24 bits per heavy atom. The van der Waals surface area contributed by atoms with E-state index < -0.39 is 11.9 Å². The summed E-state index contributed by atoms with van der Waals surface area (Å²) >= 11 is 0. The molecule has 2 bridgehead atoms. The summed E-state index contributed by atoms with van der Waals surface area (Å²) in [6, 6.07) is 0. The third-order valence-corrected chi connectivity index (χ3v) is 5.13. The number of benzene rings is 1. The van der Waals surface area contributed by atoms with Gasteiger partial charge in [0.05, 0.1) is 25.3 Å². The van der Waals surface area contributed by atoms with Gasteiger partial charge in [-0.3, -0.25) is 0 Å². The lowest BCUT2D eigenvalue weighted by Crippen LogP contribution is -2.19. The van der Waals surface area contributed by atoms with E-state index in [1.165, 1.54) is 38.2 Å². The number of carbonyl (C=O) groups is 2. The Kier molecular flexibility index (Phi) is 3.27. The minimum Gasteiger partial charge on any atom is -0.465 e. The van der Waals surface area contributed by atoms with Gasteiger partial charge in [-0.25, -0.2) is 9.59 Å². The van der Waals surface area contributed by atoms with Crippen LogP contribution in [0.5, 0.6) is 0 Å². The van der Waals surface area contributed by atoms with E-state index >= 15 is 0 Å². The smallest absolute Gasteiger partial charge is 0.339 e. The van der Waals surface area contributed by atoms with Crippen molar-refractivity contribution < 1.29 is 19.1 Å². The second-order valence-corrected chi connectivity index (χ2v) is 6.02. The van der Waals surface area contributed by atoms with E-state index in [2.05, 4.69) is 0 Å². The van der Waals surface area contributed by atoms with Gasteiger partial charge < -0.3 is 9.47 Å². The highest BCUT2D eigenvalue weighted by atomic mass is 16.5. The number of hydrogen-bond donors (Lipinski definition) is 0. The van der Waals surface area contributed by atoms with Gasteiger partial charge in [0.15, 0.2) is 0 Å². The van der Waals surface area contributed by atoms with E-state index in [0.717, 1.165) is 17.5 Å². The molecular formula is C17H20O4. The summed E-state index contributed by atoms with van der Waals surface area (Å²) in [7, 11) is 2.69. The molecule has 0 unspecified atom stereocenters. The molecule has 21 heavy (non-hydrogen) atoms. The van der Waals surface area contributed by atoms with Crippen LogP contribution >= 0.6 is 0 Å². The molecule has 0 heterocycles. The van der Waals surface area contributed by atoms with Gasteiger partial charge in [-0.1, -0.05) is 0 Å². The molecule has 1 fully saturated rings. The molecule has 2 atom stereocenters. The molecule has 112 valence electrons. The number of carbonyl (C=O) groups excluding carboxylic acids is 2. The molecule has 0 N–H and O–H groups in total. The first-order chi connectivity index (χ1) is 10.0. The standard InChI is InChI=1S/C17H20O4/c1-8-12-10-5-6-11(7-10)13(12)9(2)15(17(19)21-4)14(8)16(18)20-3/h10-11H,5-7H2,1-4H3/t10-,11+. The van der Waals surface area contributed by atoms with E-state index in [4.69, 9.17) is 9.47 Å². The van der Waals surface area contributed by atoms with Crippen molar-refractivity contribution in [3.05, 3.63) is 33.4 Å². The van der Waals surface area contributed by atoms with Crippen molar-refractivity contribution in [1.82, 2.24) is 0 Å². The molecule has 0 radical (unpaired) electrons. The van der Waals surface area contributed by atoms with Gasteiger partial charge in [-0.2, -0.15) is 0 Å². The molecule has 0 aromatic heterocycles. The SMILES string of the molecule is COC(=O)c1c(C)c2c(c(C)c1C(=O)OC)[C@H]1CC[C@@H]2C1. The zero-order valence-electron chi connectivity index (χ0n) is 12.9. The van der Waals surface area contributed by atoms with Crippen LogP contribution in [0.3, 0.4) is 0 Å². The van der Waals surface area contributed by atoms with E-state index in [1.807, 2.05) is 13.8 Å². The summed E-state index contributed by atoms with van der Waals surface area (Å²) in [4.78, 5) is 24.4. The third kappa shape index (κ3) is 1.81. The zero-order valence-corrected chi connectivity index (χ0v) is 12.9. The molecule has 3 rings (SSSR count). The predicted molar refractivity (Wildman–Crippen MR) is 77.9 cm³/mol. The first kappa shape index (κ1) is 14.1. The van der Waals surface area contributed by atoms with Crippen molar-refractivity contribution in [2.24, 2.45) is 0 Å². The lowest BCUT2D eigenvalue weighted by Gasteiger charge is -2.24. The highest BCUT2D eigenvalue weighted by Crippen LogP contribution is 2.56. The van der Waals surface area contributed by atoms with E-state index in [1.54, 1.807) is 0 Å². The monoisotopic (exact) mass is 288 g/mol. The largest absolute Gasteiger partial charge is 0.465 e. The topological polar surface area (TPSA) is 52.6 Å². The fraction of sp³-hybridized carbons (Fsp3) is 0.529. The van der Waals surface area contributed by atoms with E-state index in [-0.39, 0.29) is 0 Å². The van der Waals surface area contributed by atoms with Crippen LogP contribution in [0.1, 0.15) is 74.1 Å². The quantitative estimate of drug-likeness (QED) is 0.784. The number of esters is 2. The molecule has 0 amide bonds. The van der Waals surface area contributed by atoms with Crippen LogP contribution in [0, 0.1) is 13.8 Å². The summed E-state index contributed by atoms with van der Waals surface area (Å²) < 4.78 is 9.80. The number of methoxy groups -OCH3 is 2. The van der Waals surface area contributed by atoms with E-state index in [9.17, 15) is 9.59 Å². The summed E-state index contributed by atoms with van der Waals surface area (Å²) in [5, 5.41) is 0. The Hall–Kier alpha value is -1.84. The molecule has 1 saturated carbocycles. The normalized spacial score (nSPS) is 22.1. The fourth-order valence-electron chi connectivity index (χ4n) is 4.32. The lowest BCUT2D eigenvalue weighted by molar-refractivity contribution is 0.0553. The first-order valence-electron chi connectivity index (χ1n) is 7.34. The second kappa shape index (κ2) is 4.86.